The van der Waals surface area contributed by atoms with Crippen molar-refractivity contribution in [1.82, 2.24) is 14.7 Å². The summed E-state index contributed by atoms with van der Waals surface area (Å²) in [5, 5.41) is 3.95. The molecule has 0 spiro atoms. The van der Waals surface area contributed by atoms with Gasteiger partial charge in [0.1, 0.15) is 12.9 Å². The molecule has 1 N–H and O–H groups in total. The monoisotopic (exact) mass is 493 g/mol. The van der Waals surface area contributed by atoms with Crippen molar-refractivity contribution in [3.63, 3.8) is 0 Å². The maximum Gasteiger partial charge on any atom is 0.346 e. The van der Waals surface area contributed by atoms with E-state index in [2.05, 4.69) is 32.3 Å². The summed E-state index contributed by atoms with van der Waals surface area (Å²) in [6.45, 7) is 8.51. The maximum absolute atomic E-state index is 13.6. The van der Waals surface area contributed by atoms with E-state index in [4.69, 9.17) is 9.57 Å². The molecule has 0 bridgehead atoms. The molecule has 1 aliphatic rings. The number of piperidine rings is 1. The molecule has 9 nitrogen and oxygen atoms in total. The third-order valence-electron chi connectivity index (χ3n) is 6.45. The zero-order valence-electron chi connectivity index (χ0n) is 21.4. The van der Waals surface area contributed by atoms with E-state index in [0.29, 0.717) is 35.6 Å². The fraction of sp³-hybridized carbons (Fsp3) is 0.481. The number of aryl methyl sites for hydroxylation is 1. The number of unbranched alkanes of at least 4 members (excludes halogenated alkanes) is 1. The molecular weight excluding hydrogens is 458 g/mol. The SMILES string of the molecule is CCCCOn1c(=O)c(C(=O)OCC)c(NCc2ccccc2N2CCCCC2)c2c(C)ncnc21. The number of carbonyl (C=O) groups excluding carboxylic acids is 1. The molecule has 1 aliphatic heterocycles. The number of aromatic nitrogens is 3. The Kier molecular flexibility index (Phi) is 8.40. The highest BCUT2D eigenvalue weighted by atomic mass is 16.7. The lowest BCUT2D eigenvalue weighted by Gasteiger charge is -2.31. The van der Waals surface area contributed by atoms with Crippen LogP contribution in [0.25, 0.3) is 11.0 Å². The predicted octanol–water partition coefficient (Wildman–Crippen LogP) is 4.11. The summed E-state index contributed by atoms with van der Waals surface area (Å²) in [6, 6.07) is 8.24. The molecule has 0 amide bonds. The Morgan fingerprint density at radius 2 is 1.89 bits per heavy atom. The van der Waals surface area contributed by atoms with E-state index in [9.17, 15) is 9.59 Å². The van der Waals surface area contributed by atoms with Gasteiger partial charge in [0.25, 0.3) is 0 Å². The van der Waals surface area contributed by atoms with E-state index in [1.54, 1.807) is 6.92 Å². The number of hydrogen-bond acceptors (Lipinski definition) is 8. The number of anilines is 2. The van der Waals surface area contributed by atoms with Crippen molar-refractivity contribution < 1.29 is 14.4 Å². The molecule has 1 aromatic carbocycles. The van der Waals surface area contributed by atoms with E-state index in [-0.39, 0.29) is 12.2 Å². The van der Waals surface area contributed by atoms with E-state index >= 15 is 0 Å². The van der Waals surface area contributed by atoms with Crippen LogP contribution in [0.4, 0.5) is 11.4 Å². The third kappa shape index (κ3) is 5.29. The van der Waals surface area contributed by atoms with Gasteiger partial charge in [-0.3, -0.25) is 4.79 Å². The lowest BCUT2D eigenvalue weighted by atomic mass is 10.1. The Bertz CT molecular complexity index is 1270. The number of para-hydroxylation sites is 1. The van der Waals surface area contributed by atoms with Crippen LogP contribution in [0.1, 0.15) is 67.6 Å². The van der Waals surface area contributed by atoms with Gasteiger partial charge < -0.3 is 19.8 Å². The van der Waals surface area contributed by atoms with Crippen LogP contribution >= 0.6 is 0 Å². The van der Waals surface area contributed by atoms with Crippen molar-refractivity contribution in [3.8, 4) is 0 Å². The molecule has 192 valence electrons. The standard InChI is InChI=1S/C27H35N5O4/c1-4-6-16-36-32-25-22(19(3)29-18-30-25)24(23(26(32)33)27(34)35-5-2)28-17-20-12-8-9-13-21(20)31-14-10-7-11-15-31/h8-9,12-13,18,28H,4-7,10-11,14-17H2,1-3H3. The molecule has 9 heteroatoms. The first-order valence-electron chi connectivity index (χ1n) is 12.8. The number of hydrogen-bond donors (Lipinski definition) is 1. The fourth-order valence-electron chi connectivity index (χ4n) is 4.61. The summed E-state index contributed by atoms with van der Waals surface area (Å²) in [5.41, 5.74) is 2.87. The fourth-order valence-corrected chi connectivity index (χ4v) is 4.61. The van der Waals surface area contributed by atoms with Gasteiger partial charge in [0.15, 0.2) is 11.2 Å². The summed E-state index contributed by atoms with van der Waals surface area (Å²) in [7, 11) is 0. The van der Waals surface area contributed by atoms with Crippen LogP contribution in [0.15, 0.2) is 35.4 Å². The molecule has 0 unspecified atom stereocenters. The van der Waals surface area contributed by atoms with E-state index in [0.717, 1.165) is 41.9 Å². The van der Waals surface area contributed by atoms with Gasteiger partial charge in [-0.2, -0.15) is 0 Å². The van der Waals surface area contributed by atoms with Crippen LogP contribution in [-0.4, -0.2) is 47.0 Å². The van der Waals surface area contributed by atoms with Crippen LogP contribution in [-0.2, 0) is 11.3 Å². The molecule has 3 aromatic rings. The van der Waals surface area contributed by atoms with Gasteiger partial charge in [0.05, 0.1) is 23.4 Å². The van der Waals surface area contributed by atoms with Crippen LogP contribution in [0, 0.1) is 6.92 Å². The Balaban J connectivity index is 1.81. The van der Waals surface area contributed by atoms with Gasteiger partial charge in [-0.05, 0) is 51.2 Å². The summed E-state index contributed by atoms with van der Waals surface area (Å²) in [5.74, 6) is -0.702. The number of pyridine rings is 1. The summed E-state index contributed by atoms with van der Waals surface area (Å²) in [4.78, 5) is 43.6. The van der Waals surface area contributed by atoms with Crippen molar-refractivity contribution >= 4 is 28.4 Å². The highest BCUT2D eigenvalue weighted by molar-refractivity contribution is 6.05. The second kappa shape index (κ2) is 11.9. The number of fused-ring (bicyclic) bond motifs is 1. The molecule has 2 aromatic heterocycles. The molecule has 1 fully saturated rings. The van der Waals surface area contributed by atoms with E-state index in [1.807, 2.05) is 26.0 Å². The van der Waals surface area contributed by atoms with Gasteiger partial charge in [-0.15, -0.1) is 4.73 Å². The quantitative estimate of drug-likeness (QED) is 0.333. The number of esters is 1. The zero-order chi connectivity index (χ0) is 25.5. The number of nitrogens with zero attached hydrogens (tertiary/aromatic N) is 4. The summed E-state index contributed by atoms with van der Waals surface area (Å²) >= 11 is 0. The van der Waals surface area contributed by atoms with Gasteiger partial charge >= 0.3 is 11.5 Å². The maximum atomic E-state index is 13.6. The Labute approximate surface area is 211 Å². The Hall–Kier alpha value is -3.62. The minimum Gasteiger partial charge on any atom is -0.462 e. The average molecular weight is 494 g/mol. The first kappa shape index (κ1) is 25.5. The predicted molar refractivity (Wildman–Crippen MR) is 141 cm³/mol. The Morgan fingerprint density at radius 1 is 1.11 bits per heavy atom. The van der Waals surface area contributed by atoms with Crippen LogP contribution < -0.4 is 20.6 Å². The van der Waals surface area contributed by atoms with Crippen molar-refractivity contribution in [2.45, 2.75) is 59.4 Å². The number of ether oxygens (including phenoxy) is 1. The van der Waals surface area contributed by atoms with Gasteiger partial charge in [0, 0.05) is 25.3 Å². The molecule has 0 aliphatic carbocycles. The van der Waals surface area contributed by atoms with Crippen LogP contribution in [0.2, 0.25) is 0 Å². The number of nitrogens with one attached hydrogen (secondary N) is 1. The van der Waals surface area contributed by atoms with Gasteiger partial charge in [-0.25, -0.2) is 14.8 Å². The number of carbonyl (C=O) groups is 1. The summed E-state index contributed by atoms with van der Waals surface area (Å²) < 4.78 is 6.40. The molecule has 1 saturated heterocycles. The summed E-state index contributed by atoms with van der Waals surface area (Å²) in [6.07, 6.45) is 6.66. The van der Waals surface area contributed by atoms with Crippen molar-refractivity contribution in [3.05, 3.63) is 57.8 Å². The molecule has 4 rings (SSSR count). The molecule has 36 heavy (non-hydrogen) atoms. The minimum atomic E-state index is -0.702. The molecule has 3 heterocycles. The lowest BCUT2D eigenvalue weighted by Crippen LogP contribution is -2.34. The Morgan fingerprint density at radius 3 is 2.64 bits per heavy atom. The number of benzene rings is 1. The zero-order valence-corrected chi connectivity index (χ0v) is 21.4. The molecular formula is C27H35N5O4. The lowest BCUT2D eigenvalue weighted by molar-refractivity contribution is 0.0515. The van der Waals surface area contributed by atoms with Gasteiger partial charge in [-0.1, -0.05) is 31.5 Å². The third-order valence-corrected chi connectivity index (χ3v) is 6.45. The van der Waals surface area contributed by atoms with Crippen LogP contribution in [0.3, 0.4) is 0 Å². The minimum absolute atomic E-state index is 0.103. The first-order chi connectivity index (χ1) is 17.6. The smallest absolute Gasteiger partial charge is 0.346 e. The molecule has 0 atom stereocenters. The second-order valence-corrected chi connectivity index (χ2v) is 8.94. The largest absolute Gasteiger partial charge is 0.462 e. The first-order valence-corrected chi connectivity index (χ1v) is 12.8. The number of rotatable bonds is 10. The van der Waals surface area contributed by atoms with E-state index in [1.165, 1.54) is 25.6 Å². The highest BCUT2D eigenvalue weighted by Gasteiger charge is 2.27. The van der Waals surface area contributed by atoms with Crippen molar-refractivity contribution in [1.29, 1.82) is 0 Å². The van der Waals surface area contributed by atoms with E-state index < -0.39 is 11.5 Å². The average Bonchev–Trinajstić information content (AvgIpc) is 2.89. The normalized spacial score (nSPS) is 13.6. The molecule has 0 radical (unpaired) electrons. The second-order valence-electron chi connectivity index (χ2n) is 8.94. The van der Waals surface area contributed by atoms with Crippen molar-refractivity contribution in [2.75, 3.05) is 36.5 Å². The molecule has 0 saturated carbocycles. The van der Waals surface area contributed by atoms with Gasteiger partial charge in [0.2, 0.25) is 0 Å². The van der Waals surface area contributed by atoms with Crippen LogP contribution in [0.5, 0.6) is 0 Å². The highest BCUT2D eigenvalue weighted by Crippen LogP contribution is 2.29. The van der Waals surface area contributed by atoms with Crippen molar-refractivity contribution in [2.24, 2.45) is 0 Å². The topological polar surface area (TPSA) is 98.6 Å².